The maximum atomic E-state index is 12.8. The van der Waals surface area contributed by atoms with E-state index in [2.05, 4.69) is 16.9 Å². The normalized spacial score (nSPS) is 10.5. The summed E-state index contributed by atoms with van der Waals surface area (Å²) in [5, 5.41) is 3.21. The van der Waals surface area contributed by atoms with Gasteiger partial charge in [-0.1, -0.05) is 18.2 Å². The molecule has 94 valence electrons. The SMILES string of the molecule is C=CCNCc1nccn1Cc1ccc(F)cc1. The van der Waals surface area contributed by atoms with E-state index in [0.717, 1.165) is 17.9 Å². The van der Waals surface area contributed by atoms with Gasteiger partial charge in [-0.05, 0) is 17.7 Å². The van der Waals surface area contributed by atoms with Gasteiger partial charge in [-0.25, -0.2) is 9.37 Å². The largest absolute Gasteiger partial charge is 0.329 e. The van der Waals surface area contributed by atoms with E-state index in [1.807, 2.05) is 16.8 Å². The van der Waals surface area contributed by atoms with Crippen LogP contribution in [0.5, 0.6) is 0 Å². The molecule has 0 amide bonds. The molecule has 2 rings (SSSR count). The summed E-state index contributed by atoms with van der Waals surface area (Å²) >= 11 is 0. The van der Waals surface area contributed by atoms with E-state index < -0.39 is 0 Å². The molecular formula is C14H16FN3. The molecule has 0 fully saturated rings. The third kappa shape index (κ3) is 3.28. The van der Waals surface area contributed by atoms with Gasteiger partial charge in [0.25, 0.3) is 0 Å². The van der Waals surface area contributed by atoms with E-state index in [1.165, 1.54) is 12.1 Å². The monoisotopic (exact) mass is 245 g/mol. The van der Waals surface area contributed by atoms with Crippen molar-refractivity contribution in [3.05, 3.63) is 66.5 Å². The lowest BCUT2D eigenvalue weighted by atomic mass is 10.2. The number of nitrogens with zero attached hydrogens (tertiary/aromatic N) is 2. The number of aromatic nitrogens is 2. The number of halogens is 1. The Morgan fingerprint density at radius 1 is 1.33 bits per heavy atom. The number of imidazole rings is 1. The Morgan fingerprint density at radius 2 is 2.11 bits per heavy atom. The maximum absolute atomic E-state index is 12.8. The van der Waals surface area contributed by atoms with E-state index >= 15 is 0 Å². The third-order valence-electron chi connectivity index (χ3n) is 2.64. The number of rotatable bonds is 6. The van der Waals surface area contributed by atoms with Crippen LogP contribution in [0.1, 0.15) is 11.4 Å². The van der Waals surface area contributed by atoms with Crippen LogP contribution in [0.4, 0.5) is 4.39 Å². The highest BCUT2D eigenvalue weighted by Gasteiger charge is 2.03. The van der Waals surface area contributed by atoms with Crippen LogP contribution in [-0.4, -0.2) is 16.1 Å². The minimum atomic E-state index is -0.211. The lowest BCUT2D eigenvalue weighted by molar-refractivity contribution is 0.624. The summed E-state index contributed by atoms with van der Waals surface area (Å²) < 4.78 is 14.9. The third-order valence-corrected chi connectivity index (χ3v) is 2.64. The van der Waals surface area contributed by atoms with Crippen molar-refractivity contribution in [1.29, 1.82) is 0 Å². The Morgan fingerprint density at radius 3 is 2.83 bits per heavy atom. The second-order valence-electron chi connectivity index (χ2n) is 4.02. The Kier molecular flexibility index (Phi) is 4.25. The number of hydrogen-bond acceptors (Lipinski definition) is 2. The van der Waals surface area contributed by atoms with E-state index in [0.29, 0.717) is 13.1 Å². The molecule has 0 aliphatic carbocycles. The van der Waals surface area contributed by atoms with Gasteiger partial charge in [0.1, 0.15) is 11.6 Å². The van der Waals surface area contributed by atoms with Crippen LogP contribution >= 0.6 is 0 Å². The molecule has 1 heterocycles. The predicted molar refractivity (Wildman–Crippen MR) is 69.6 cm³/mol. The molecule has 1 N–H and O–H groups in total. The van der Waals surface area contributed by atoms with Gasteiger partial charge >= 0.3 is 0 Å². The van der Waals surface area contributed by atoms with Gasteiger partial charge < -0.3 is 9.88 Å². The molecule has 1 aromatic carbocycles. The Bertz CT molecular complexity index is 502. The molecule has 0 unspecified atom stereocenters. The first kappa shape index (κ1) is 12.5. The van der Waals surface area contributed by atoms with Crippen molar-refractivity contribution in [1.82, 2.24) is 14.9 Å². The minimum absolute atomic E-state index is 0.211. The lowest BCUT2D eigenvalue weighted by Gasteiger charge is -2.08. The van der Waals surface area contributed by atoms with Gasteiger partial charge in [-0.2, -0.15) is 0 Å². The topological polar surface area (TPSA) is 29.9 Å². The van der Waals surface area contributed by atoms with Crippen molar-refractivity contribution in [2.45, 2.75) is 13.1 Å². The second-order valence-corrected chi connectivity index (χ2v) is 4.02. The van der Waals surface area contributed by atoms with Crippen molar-refractivity contribution < 1.29 is 4.39 Å². The van der Waals surface area contributed by atoms with Crippen LogP contribution in [0.2, 0.25) is 0 Å². The smallest absolute Gasteiger partial charge is 0.123 e. The molecule has 0 aliphatic heterocycles. The predicted octanol–water partition coefficient (Wildman–Crippen LogP) is 2.35. The van der Waals surface area contributed by atoms with Crippen LogP contribution in [0.3, 0.4) is 0 Å². The molecule has 0 aliphatic rings. The summed E-state index contributed by atoms with van der Waals surface area (Å²) in [6, 6.07) is 6.52. The van der Waals surface area contributed by atoms with Gasteiger partial charge in [0.15, 0.2) is 0 Å². The first-order chi connectivity index (χ1) is 8.79. The molecule has 0 bridgehead atoms. The minimum Gasteiger partial charge on any atom is -0.329 e. The Balaban J connectivity index is 2.02. The Labute approximate surface area is 106 Å². The number of nitrogens with one attached hydrogen (secondary N) is 1. The lowest BCUT2D eigenvalue weighted by Crippen LogP contribution is -2.17. The number of benzene rings is 1. The summed E-state index contributed by atoms with van der Waals surface area (Å²) in [6.07, 6.45) is 5.51. The summed E-state index contributed by atoms with van der Waals surface area (Å²) in [5.74, 6) is 0.749. The molecular weight excluding hydrogens is 229 g/mol. The molecule has 18 heavy (non-hydrogen) atoms. The zero-order chi connectivity index (χ0) is 12.8. The molecule has 1 aromatic heterocycles. The Hall–Kier alpha value is -1.94. The van der Waals surface area contributed by atoms with E-state index in [-0.39, 0.29) is 5.82 Å². The quantitative estimate of drug-likeness (QED) is 0.625. The van der Waals surface area contributed by atoms with E-state index in [4.69, 9.17) is 0 Å². The number of hydrogen-bond donors (Lipinski definition) is 1. The highest BCUT2D eigenvalue weighted by atomic mass is 19.1. The van der Waals surface area contributed by atoms with Gasteiger partial charge in [-0.15, -0.1) is 6.58 Å². The first-order valence-electron chi connectivity index (χ1n) is 5.85. The molecule has 0 atom stereocenters. The fourth-order valence-electron chi connectivity index (χ4n) is 1.72. The van der Waals surface area contributed by atoms with Crippen molar-refractivity contribution in [3.8, 4) is 0 Å². The maximum Gasteiger partial charge on any atom is 0.123 e. The van der Waals surface area contributed by atoms with Gasteiger partial charge in [0, 0.05) is 25.5 Å². The molecule has 0 radical (unpaired) electrons. The second kappa shape index (κ2) is 6.12. The summed E-state index contributed by atoms with van der Waals surface area (Å²) in [6.45, 7) is 5.80. The van der Waals surface area contributed by atoms with Crippen molar-refractivity contribution in [2.75, 3.05) is 6.54 Å². The summed E-state index contributed by atoms with van der Waals surface area (Å²) in [7, 11) is 0. The average Bonchev–Trinajstić information content (AvgIpc) is 2.80. The van der Waals surface area contributed by atoms with E-state index in [1.54, 1.807) is 18.3 Å². The zero-order valence-electron chi connectivity index (χ0n) is 10.1. The fourth-order valence-corrected chi connectivity index (χ4v) is 1.72. The van der Waals surface area contributed by atoms with E-state index in [9.17, 15) is 4.39 Å². The van der Waals surface area contributed by atoms with Crippen LogP contribution in [0.25, 0.3) is 0 Å². The van der Waals surface area contributed by atoms with Gasteiger partial charge in [-0.3, -0.25) is 0 Å². The zero-order valence-corrected chi connectivity index (χ0v) is 10.1. The molecule has 4 heteroatoms. The molecule has 0 spiro atoms. The van der Waals surface area contributed by atoms with Crippen molar-refractivity contribution in [3.63, 3.8) is 0 Å². The summed E-state index contributed by atoms with van der Waals surface area (Å²) in [4.78, 5) is 4.29. The van der Waals surface area contributed by atoms with Crippen LogP contribution < -0.4 is 5.32 Å². The van der Waals surface area contributed by atoms with Crippen LogP contribution in [0.15, 0.2) is 49.3 Å². The first-order valence-corrected chi connectivity index (χ1v) is 5.85. The van der Waals surface area contributed by atoms with Crippen molar-refractivity contribution >= 4 is 0 Å². The fraction of sp³-hybridized carbons (Fsp3) is 0.214. The highest BCUT2D eigenvalue weighted by Crippen LogP contribution is 2.07. The van der Waals surface area contributed by atoms with Crippen LogP contribution in [0, 0.1) is 5.82 Å². The van der Waals surface area contributed by atoms with Gasteiger partial charge in [0.05, 0.1) is 6.54 Å². The standard InChI is InChI=1S/C14H16FN3/c1-2-7-16-10-14-17-8-9-18(14)11-12-3-5-13(15)6-4-12/h2-6,8-9,16H,1,7,10-11H2. The molecule has 2 aromatic rings. The average molecular weight is 245 g/mol. The highest BCUT2D eigenvalue weighted by molar-refractivity contribution is 5.17. The molecule has 3 nitrogen and oxygen atoms in total. The molecule has 0 saturated carbocycles. The molecule has 0 saturated heterocycles. The summed E-state index contributed by atoms with van der Waals surface area (Å²) in [5.41, 5.74) is 1.05. The van der Waals surface area contributed by atoms with Gasteiger partial charge in [0.2, 0.25) is 0 Å². The van der Waals surface area contributed by atoms with Crippen LogP contribution in [-0.2, 0) is 13.1 Å². The van der Waals surface area contributed by atoms with Crippen molar-refractivity contribution in [2.24, 2.45) is 0 Å².